The molecule has 72 heavy (non-hydrogen) atoms. The van der Waals surface area contributed by atoms with Crippen molar-refractivity contribution in [3.63, 3.8) is 0 Å². The Hall–Kier alpha value is -5.47. The summed E-state index contributed by atoms with van der Waals surface area (Å²) >= 11 is 0. The minimum Gasteiger partial charge on any atom is -0.366 e. The van der Waals surface area contributed by atoms with Gasteiger partial charge in [-0.05, 0) is 109 Å². The van der Waals surface area contributed by atoms with Gasteiger partial charge in [-0.2, -0.15) is 5.56 Å². The van der Waals surface area contributed by atoms with E-state index in [9.17, 15) is 0 Å². The average Bonchev–Trinajstić information content (AvgIpc) is 3.79. The van der Waals surface area contributed by atoms with Gasteiger partial charge in [-0.1, -0.05) is 189 Å². The topological polar surface area (TPSA) is 0 Å². The van der Waals surface area contributed by atoms with Crippen LogP contribution < -0.4 is 52.6 Å². The van der Waals surface area contributed by atoms with Crippen molar-refractivity contribution >= 4 is 101 Å². The monoisotopic (exact) mass is 1360 g/mol. The number of fused-ring (bicyclic) bond motifs is 7. The molecule has 10 aromatic carbocycles. The predicted octanol–water partition coefficient (Wildman–Crippen LogP) is 11.2. The quantitative estimate of drug-likeness (QED) is 0.0646. The van der Waals surface area contributed by atoms with Crippen molar-refractivity contribution in [1.29, 1.82) is 0 Å². The Bertz CT molecular complexity index is 3330. The van der Waals surface area contributed by atoms with Gasteiger partial charge >= 0.3 is 44.8 Å². The van der Waals surface area contributed by atoms with E-state index in [1.807, 2.05) is 6.07 Å². The van der Waals surface area contributed by atoms with E-state index in [1.165, 1.54) is 80.4 Å². The molecule has 0 saturated heterocycles. The van der Waals surface area contributed by atoms with Gasteiger partial charge in [0.2, 0.25) is 0 Å². The summed E-state index contributed by atoms with van der Waals surface area (Å²) < 4.78 is 0. The van der Waals surface area contributed by atoms with E-state index in [4.69, 9.17) is 13.0 Å². The molecular weight excluding hydrogens is 1300 g/mol. The third-order valence-electron chi connectivity index (χ3n) is 14.2. The van der Waals surface area contributed by atoms with Gasteiger partial charge in [0.1, 0.15) is 63.8 Å². The van der Waals surface area contributed by atoms with Crippen LogP contribution in [0.1, 0.15) is 11.1 Å². The first-order valence-electron chi connectivity index (χ1n) is 24.1. The summed E-state index contributed by atoms with van der Waals surface area (Å²) in [6.45, 7) is 15.2. The summed E-state index contributed by atoms with van der Waals surface area (Å²) in [7, 11) is -5.47. The Labute approximate surface area is 463 Å². The molecule has 2 heterocycles. The molecule has 6 heteroatoms. The maximum atomic E-state index is 7.25. The molecule has 10 aromatic rings. The molecule has 0 unspecified atom stereocenters. The van der Waals surface area contributed by atoms with Crippen molar-refractivity contribution < 1.29 is 44.8 Å². The molecule has 0 nitrogen and oxygen atoms in total. The number of rotatable bonds is 7. The maximum absolute atomic E-state index is 7.25. The summed E-state index contributed by atoms with van der Waals surface area (Å²) in [6.07, 6.45) is 8.94. The van der Waals surface area contributed by atoms with Gasteiger partial charge in [-0.15, -0.1) is 29.8 Å². The molecule has 0 bridgehead atoms. The van der Waals surface area contributed by atoms with Gasteiger partial charge in [0.15, 0.2) is 0 Å². The van der Waals surface area contributed by atoms with Crippen LogP contribution in [-0.2, 0) is 44.8 Å². The second-order valence-corrected chi connectivity index (χ2v) is 32.7. The van der Waals surface area contributed by atoms with Crippen molar-refractivity contribution in [2.24, 2.45) is 0 Å². The SMILES string of the molecule is [Au+].[Au+].[C-]#Cc1ccc2c(c1)-c1ccccc1[Si]2(C)C.[CH-]=Cc1ccc2c(c1)[Si](C)(C)c1ccccc1-2.c1ccc([PH+](c2ccccc2)c2cc3ccccc3cc2[PH+](c2ccccc2)c2ccccc2)cc1. The van der Waals surface area contributed by atoms with E-state index >= 15 is 0 Å². The van der Waals surface area contributed by atoms with E-state index in [2.05, 4.69) is 269 Å². The second kappa shape index (κ2) is 23.2. The minimum absolute atomic E-state index is 0. The van der Waals surface area contributed by atoms with Crippen molar-refractivity contribution in [3.05, 3.63) is 267 Å². The third-order valence-corrected chi connectivity index (χ3v) is 27.1. The molecule has 0 saturated carbocycles. The Morgan fingerprint density at radius 3 is 1.17 bits per heavy atom. The molecule has 0 N–H and O–H groups in total. The molecule has 2 aliphatic heterocycles. The first-order chi connectivity index (χ1) is 34.2. The normalized spacial score (nSPS) is 12.7. The Morgan fingerprint density at radius 1 is 0.375 bits per heavy atom. The van der Waals surface area contributed by atoms with Crippen LogP contribution in [0.3, 0.4) is 0 Å². The predicted molar refractivity (Wildman–Crippen MR) is 316 cm³/mol. The largest absolute Gasteiger partial charge is 1.00 e. The van der Waals surface area contributed by atoms with E-state index in [-0.39, 0.29) is 44.8 Å². The van der Waals surface area contributed by atoms with E-state index in [1.54, 1.807) is 11.3 Å². The number of hydrogen-bond acceptors (Lipinski definition) is 0. The van der Waals surface area contributed by atoms with Crippen LogP contribution in [0.2, 0.25) is 26.2 Å². The van der Waals surface area contributed by atoms with Gasteiger partial charge in [0.05, 0.1) is 0 Å². The molecule has 0 atom stereocenters. The minimum atomic E-state index is -1.51. The summed E-state index contributed by atoms with van der Waals surface area (Å²) in [5, 5.41) is 17.4. The van der Waals surface area contributed by atoms with Crippen LogP contribution in [0.25, 0.3) is 39.1 Å². The first kappa shape index (κ1) is 52.8. The van der Waals surface area contributed by atoms with Crippen molar-refractivity contribution in [3.8, 4) is 28.2 Å². The van der Waals surface area contributed by atoms with Gasteiger partial charge in [-0.25, -0.2) is 6.08 Å². The average molecular weight is 1360 g/mol. The van der Waals surface area contributed by atoms with Crippen LogP contribution in [0.15, 0.2) is 243 Å². The molecule has 0 aliphatic carbocycles. The van der Waals surface area contributed by atoms with Crippen LogP contribution >= 0.6 is 15.8 Å². The zero-order valence-electron chi connectivity index (χ0n) is 40.9. The molecule has 2 aliphatic rings. The third kappa shape index (κ3) is 10.5. The van der Waals surface area contributed by atoms with Gasteiger partial charge in [-0.3, -0.25) is 12.5 Å². The van der Waals surface area contributed by atoms with Crippen molar-refractivity contribution in [1.82, 2.24) is 0 Å². The fourth-order valence-electron chi connectivity index (χ4n) is 10.7. The molecule has 0 aromatic heterocycles. The molecule has 358 valence electrons. The van der Waals surface area contributed by atoms with E-state index < -0.39 is 32.0 Å². The fraction of sp³-hybridized carbons (Fsp3) is 0.0606. The zero-order valence-corrected chi connectivity index (χ0v) is 49.2. The molecule has 0 amide bonds. The molecule has 0 fully saturated rings. The smallest absolute Gasteiger partial charge is 0.366 e. The van der Waals surface area contributed by atoms with Crippen LogP contribution in [-0.4, -0.2) is 16.1 Å². The van der Waals surface area contributed by atoms with E-state index in [0.29, 0.717) is 0 Å². The Morgan fingerprint density at radius 2 is 0.736 bits per heavy atom. The molecule has 0 spiro atoms. The second-order valence-electron chi connectivity index (χ2n) is 19.2. The standard InChI is InChI=1S/C34H26P2.C16H13Si.C16H15Si.2Au/c1-5-17-29(18-6-1)35(30-19-7-2-8-20-30)33-25-27-15-13-14-16-28(27)26-34(33)36(31-21-9-3-10-22-31)32-23-11-4-12-24-32;1-4-12-9-10-16-14(11-12)13-7-5-6-8-15(13)17(16,2)3;1-4-12-9-10-14-13-7-5-6-8-15(13)17(2,3)16(14)11-12;;/h1-26H;5-11H,2-3H3;1,4-11H,2-3H3;;/q;2*-1;2*+1/p+2. The molecular formula is C66H56Au2P2Si2+2. The van der Waals surface area contributed by atoms with Crippen LogP contribution in [0.4, 0.5) is 0 Å². The zero-order chi connectivity index (χ0) is 48.2. The van der Waals surface area contributed by atoms with Gasteiger partial charge in [0, 0.05) is 0 Å². The van der Waals surface area contributed by atoms with Gasteiger partial charge < -0.3 is 6.42 Å². The summed E-state index contributed by atoms with van der Waals surface area (Å²) in [5.41, 5.74) is 7.48. The Balaban J connectivity index is 0.000000161. The summed E-state index contributed by atoms with van der Waals surface area (Å²) in [5.74, 6) is 2.48. The number of benzene rings is 10. The van der Waals surface area contributed by atoms with Crippen molar-refractivity contribution in [2.45, 2.75) is 26.2 Å². The fourth-order valence-corrected chi connectivity index (χ4v) is 22.9. The molecule has 0 radical (unpaired) electrons. The van der Waals surface area contributed by atoms with Gasteiger partial charge in [0.25, 0.3) is 0 Å². The van der Waals surface area contributed by atoms with Crippen LogP contribution in [0.5, 0.6) is 0 Å². The summed E-state index contributed by atoms with van der Waals surface area (Å²) in [6, 6.07) is 88.7. The maximum Gasteiger partial charge on any atom is 1.00 e. The van der Waals surface area contributed by atoms with E-state index in [0.717, 1.165) is 11.1 Å². The van der Waals surface area contributed by atoms with Crippen molar-refractivity contribution in [2.75, 3.05) is 0 Å². The summed E-state index contributed by atoms with van der Waals surface area (Å²) in [4.78, 5) is 0. The molecule has 12 rings (SSSR count). The number of hydrogen-bond donors (Lipinski definition) is 0. The first-order valence-corrected chi connectivity index (χ1v) is 33.1. The Kier molecular flexibility index (Phi) is 17.0. The van der Waals surface area contributed by atoms with Crippen LogP contribution in [0, 0.1) is 18.9 Å².